The average Bonchev–Trinajstić information content (AvgIpc) is 1.77. The van der Waals surface area contributed by atoms with Crippen LogP contribution in [-0.2, 0) is 14.3 Å². The van der Waals surface area contributed by atoms with Gasteiger partial charge in [-0.3, -0.25) is 9.00 Å². The Bertz CT molecular complexity index is 327. The number of carbonyl (C=O) groups is 1. The Kier molecular flexibility index (Phi) is 2.83. The van der Waals surface area contributed by atoms with E-state index in [0.29, 0.717) is 5.78 Å². The highest BCUT2D eigenvalue weighted by atomic mass is 32.2. The van der Waals surface area contributed by atoms with Gasteiger partial charge in [0, 0.05) is 22.8 Å². The van der Waals surface area contributed by atoms with E-state index in [1.165, 1.54) is 0 Å². The van der Waals surface area contributed by atoms with Gasteiger partial charge in [-0.15, -0.1) is 0 Å². The third kappa shape index (κ3) is 2.38. The van der Waals surface area contributed by atoms with E-state index in [2.05, 4.69) is 5.87 Å². The molecule has 0 aromatic carbocycles. The molecule has 0 amide bonds. The van der Waals surface area contributed by atoms with E-state index in [-0.39, 0.29) is 16.6 Å². The summed E-state index contributed by atoms with van der Waals surface area (Å²) in [6.45, 7) is 5.82. The van der Waals surface area contributed by atoms with Crippen LogP contribution < -0.4 is 0 Å². The molecule has 0 saturated heterocycles. The topological polar surface area (TPSA) is 34.1 Å². The van der Waals surface area contributed by atoms with Crippen molar-refractivity contribution in [1.29, 1.82) is 0 Å². The highest BCUT2D eigenvalue weighted by molar-refractivity contribution is 8.00. The van der Waals surface area contributed by atoms with Gasteiger partial charge >= 0.3 is 0 Å². The first-order valence-corrected chi connectivity index (χ1v) is 7.17. The van der Waals surface area contributed by atoms with Crippen LogP contribution >= 0.6 is 0 Å². The fraction of sp³-hybridized carbons (Fsp3) is 0.818. The summed E-state index contributed by atoms with van der Waals surface area (Å²) in [6, 6.07) is 0. The fourth-order valence-electron chi connectivity index (χ4n) is 1.80. The van der Waals surface area contributed by atoms with Crippen LogP contribution in [0.4, 0.5) is 0 Å². The van der Waals surface area contributed by atoms with E-state index in [9.17, 15) is 9.00 Å². The van der Waals surface area contributed by atoms with Crippen LogP contribution in [0.1, 0.15) is 33.6 Å². The minimum absolute atomic E-state index is 0.127. The molecule has 0 aromatic heterocycles. The van der Waals surface area contributed by atoms with Crippen LogP contribution in [0.5, 0.6) is 0 Å². The monoisotopic (exact) mass is 216 g/mol. The maximum Gasteiger partial charge on any atom is 0.141 e. The summed E-state index contributed by atoms with van der Waals surface area (Å²) in [5, 5.41) is 0.166. The Hall–Kier alpha value is -0.310. The Morgan fingerprint density at radius 1 is 1.36 bits per heavy atom. The fourth-order valence-corrected chi connectivity index (χ4v) is 3.08. The van der Waals surface area contributed by atoms with Gasteiger partial charge in [0.2, 0.25) is 0 Å². The predicted molar refractivity (Wildman–Crippen MR) is 62.2 cm³/mol. The van der Waals surface area contributed by atoms with Crippen LogP contribution in [0, 0.1) is 11.3 Å². The molecule has 0 heterocycles. The normalized spacial score (nSPS) is 31.7. The molecule has 1 atom stereocenters. The first-order chi connectivity index (χ1) is 6.12. The lowest BCUT2D eigenvalue weighted by atomic mass is 9.73. The van der Waals surface area contributed by atoms with Gasteiger partial charge in [0.05, 0.1) is 0 Å². The van der Waals surface area contributed by atoms with E-state index in [1.807, 2.05) is 20.8 Å². The third-order valence-corrected chi connectivity index (χ3v) is 4.71. The molecule has 1 saturated carbocycles. The van der Waals surface area contributed by atoms with Crippen molar-refractivity contribution in [2.45, 2.75) is 38.9 Å². The highest BCUT2D eigenvalue weighted by Crippen LogP contribution is 2.37. The molecule has 0 spiro atoms. The molecule has 0 aromatic rings. The first-order valence-electron chi connectivity index (χ1n) is 4.98. The van der Waals surface area contributed by atoms with Gasteiger partial charge in [-0.05, 0) is 28.2 Å². The standard InChI is InChI=1S/C11H20O2S/c1-11(2,3)10(12)8-6-9(7-8)14(4,5)13/h8-9H,4,6-7H2,1-3,5H3. The van der Waals surface area contributed by atoms with Crippen LogP contribution in [0.25, 0.3) is 0 Å². The van der Waals surface area contributed by atoms with Crippen molar-refractivity contribution in [2.75, 3.05) is 6.26 Å². The lowest BCUT2D eigenvalue weighted by Gasteiger charge is -2.38. The van der Waals surface area contributed by atoms with Gasteiger partial charge in [-0.25, -0.2) is 0 Å². The van der Waals surface area contributed by atoms with Crippen molar-refractivity contribution in [2.24, 2.45) is 11.3 Å². The summed E-state index contributed by atoms with van der Waals surface area (Å²) in [5.41, 5.74) is -0.259. The van der Waals surface area contributed by atoms with Crippen molar-refractivity contribution in [1.82, 2.24) is 0 Å². The quantitative estimate of drug-likeness (QED) is 0.659. The van der Waals surface area contributed by atoms with Gasteiger partial charge in [0.15, 0.2) is 0 Å². The summed E-state index contributed by atoms with van der Waals surface area (Å²) in [5.74, 6) is 4.10. The number of ketones is 1. The summed E-state index contributed by atoms with van der Waals surface area (Å²) in [7, 11) is -1.93. The van der Waals surface area contributed by atoms with E-state index in [4.69, 9.17) is 0 Å². The number of carbonyl (C=O) groups excluding carboxylic acids is 1. The second-order valence-corrected chi connectivity index (χ2v) is 8.29. The Morgan fingerprint density at radius 3 is 2.07 bits per heavy atom. The summed E-state index contributed by atoms with van der Waals surface area (Å²) >= 11 is 0. The van der Waals surface area contributed by atoms with Crippen LogP contribution in [0.15, 0.2) is 0 Å². The number of hydrogen-bond acceptors (Lipinski definition) is 2. The Balaban J connectivity index is 2.55. The van der Waals surface area contributed by atoms with Crippen molar-refractivity contribution in [3.63, 3.8) is 0 Å². The number of Topliss-reactive ketones (excluding diaryl/α,β-unsaturated/α-hetero) is 1. The molecule has 82 valence electrons. The van der Waals surface area contributed by atoms with E-state index in [0.717, 1.165) is 12.8 Å². The van der Waals surface area contributed by atoms with Crippen LogP contribution in [0.3, 0.4) is 0 Å². The molecule has 1 aliphatic carbocycles. The molecule has 1 aliphatic rings. The molecule has 1 unspecified atom stereocenters. The van der Waals surface area contributed by atoms with Gasteiger partial charge < -0.3 is 0 Å². The summed E-state index contributed by atoms with van der Waals surface area (Å²) < 4.78 is 11.6. The third-order valence-electron chi connectivity index (χ3n) is 2.91. The van der Waals surface area contributed by atoms with Crippen LogP contribution in [0.2, 0.25) is 0 Å². The SMILES string of the molecule is C=S(C)(=O)C1CC(C(=O)C(C)(C)C)C1. The molecule has 2 nitrogen and oxygen atoms in total. The zero-order valence-electron chi connectivity index (χ0n) is 9.50. The molecule has 0 radical (unpaired) electrons. The molecular formula is C11H20O2S. The molecule has 0 bridgehead atoms. The van der Waals surface area contributed by atoms with E-state index in [1.54, 1.807) is 6.26 Å². The van der Waals surface area contributed by atoms with E-state index >= 15 is 0 Å². The van der Waals surface area contributed by atoms with Crippen molar-refractivity contribution < 1.29 is 9.00 Å². The first kappa shape index (κ1) is 11.8. The second kappa shape index (κ2) is 3.37. The predicted octanol–water partition coefficient (Wildman–Crippen LogP) is 1.73. The summed E-state index contributed by atoms with van der Waals surface area (Å²) in [6.07, 6.45) is 3.24. The second-order valence-electron chi connectivity index (χ2n) is 5.48. The zero-order chi connectivity index (χ0) is 11.1. The molecule has 1 fully saturated rings. The van der Waals surface area contributed by atoms with Crippen molar-refractivity contribution in [3.05, 3.63) is 0 Å². The molecule has 0 N–H and O–H groups in total. The Morgan fingerprint density at radius 2 is 1.79 bits per heavy atom. The highest BCUT2D eigenvalue weighted by Gasteiger charge is 2.41. The Labute approximate surface area is 87.1 Å². The molecule has 0 aliphatic heterocycles. The number of hydrogen-bond donors (Lipinski definition) is 0. The largest absolute Gasteiger partial charge is 0.299 e. The smallest absolute Gasteiger partial charge is 0.141 e. The number of rotatable bonds is 2. The lowest BCUT2D eigenvalue weighted by molar-refractivity contribution is -0.132. The maximum atomic E-state index is 11.8. The maximum absolute atomic E-state index is 11.8. The minimum atomic E-state index is -1.93. The van der Waals surface area contributed by atoms with Gasteiger partial charge in [-0.2, -0.15) is 0 Å². The molecule has 1 rings (SSSR count). The van der Waals surface area contributed by atoms with Crippen LogP contribution in [-0.4, -0.2) is 27.4 Å². The van der Waals surface area contributed by atoms with Gasteiger partial charge in [0.1, 0.15) is 5.78 Å². The summed E-state index contributed by atoms with van der Waals surface area (Å²) in [4.78, 5) is 11.8. The lowest BCUT2D eigenvalue weighted by Crippen LogP contribution is -2.43. The average molecular weight is 216 g/mol. The van der Waals surface area contributed by atoms with Crippen molar-refractivity contribution >= 4 is 21.2 Å². The van der Waals surface area contributed by atoms with Gasteiger partial charge in [0.25, 0.3) is 0 Å². The molecule has 14 heavy (non-hydrogen) atoms. The zero-order valence-corrected chi connectivity index (χ0v) is 10.3. The molecular weight excluding hydrogens is 196 g/mol. The van der Waals surface area contributed by atoms with Gasteiger partial charge in [-0.1, -0.05) is 20.8 Å². The van der Waals surface area contributed by atoms with Crippen molar-refractivity contribution in [3.8, 4) is 0 Å². The minimum Gasteiger partial charge on any atom is -0.299 e. The molecule has 3 heteroatoms. The van der Waals surface area contributed by atoms with E-state index < -0.39 is 9.52 Å².